The Labute approximate surface area is 110 Å². The molecule has 1 aromatic carbocycles. The summed E-state index contributed by atoms with van der Waals surface area (Å²) in [6, 6.07) is 7.68. The number of anilines is 1. The third-order valence-electron chi connectivity index (χ3n) is 3.69. The average Bonchev–Trinajstić information content (AvgIpc) is 2.80. The summed E-state index contributed by atoms with van der Waals surface area (Å²) in [4.78, 5) is 22.1. The maximum atomic E-state index is 11.1. The summed E-state index contributed by atoms with van der Waals surface area (Å²) in [5.41, 5.74) is 1.69. The zero-order valence-corrected chi connectivity index (χ0v) is 10.7. The van der Waals surface area contributed by atoms with Crippen molar-refractivity contribution in [2.24, 2.45) is 11.8 Å². The van der Waals surface area contributed by atoms with Crippen molar-refractivity contribution in [1.82, 2.24) is 9.97 Å². The number of aromatic nitrogens is 2. The lowest BCUT2D eigenvalue weighted by molar-refractivity contribution is -0.142. The van der Waals surface area contributed by atoms with Crippen LogP contribution in [0, 0.1) is 11.8 Å². The SMILES string of the molecule is C[C@@H]1CN(c2cnc3ccccc3n2)C[C@H]1C(=O)O. The highest BCUT2D eigenvalue weighted by Gasteiger charge is 2.35. The van der Waals surface area contributed by atoms with Gasteiger partial charge in [0.2, 0.25) is 0 Å². The maximum absolute atomic E-state index is 11.1. The molecular formula is C14H15N3O2. The predicted molar refractivity (Wildman–Crippen MR) is 72.0 cm³/mol. The molecule has 1 fully saturated rings. The highest BCUT2D eigenvalue weighted by atomic mass is 16.4. The van der Waals surface area contributed by atoms with Crippen LogP contribution in [0.3, 0.4) is 0 Å². The molecule has 0 radical (unpaired) electrons. The van der Waals surface area contributed by atoms with Crippen LogP contribution in [0.5, 0.6) is 0 Å². The minimum absolute atomic E-state index is 0.130. The van der Waals surface area contributed by atoms with E-state index in [9.17, 15) is 4.79 Å². The molecule has 98 valence electrons. The van der Waals surface area contributed by atoms with Crippen LogP contribution in [0.25, 0.3) is 11.0 Å². The van der Waals surface area contributed by atoms with Gasteiger partial charge in [-0.25, -0.2) is 4.98 Å². The van der Waals surface area contributed by atoms with Gasteiger partial charge in [0.15, 0.2) is 0 Å². The number of benzene rings is 1. The van der Waals surface area contributed by atoms with Crippen LogP contribution in [-0.4, -0.2) is 34.1 Å². The van der Waals surface area contributed by atoms with Gasteiger partial charge >= 0.3 is 5.97 Å². The molecule has 1 aliphatic rings. The Morgan fingerprint density at radius 1 is 1.32 bits per heavy atom. The van der Waals surface area contributed by atoms with Gasteiger partial charge in [-0.3, -0.25) is 9.78 Å². The number of hydrogen-bond donors (Lipinski definition) is 1. The van der Waals surface area contributed by atoms with Gasteiger partial charge in [-0.15, -0.1) is 0 Å². The van der Waals surface area contributed by atoms with Crippen molar-refractivity contribution in [2.45, 2.75) is 6.92 Å². The number of carbonyl (C=O) groups is 1. The maximum Gasteiger partial charge on any atom is 0.308 e. The van der Waals surface area contributed by atoms with Crippen molar-refractivity contribution in [1.29, 1.82) is 0 Å². The van der Waals surface area contributed by atoms with Gasteiger partial charge in [0, 0.05) is 13.1 Å². The summed E-state index contributed by atoms with van der Waals surface area (Å²) >= 11 is 0. The van der Waals surface area contributed by atoms with Crippen molar-refractivity contribution < 1.29 is 9.90 Å². The Hall–Kier alpha value is -2.17. The molecule has 2 heterocycles. The van der Waals surface area contributed by atoms with Gasteiger partial charge in [-0.05, 0) is 18.1 Å². The minimum atomic E-state index is -0.733. The number of para-hydroxylation sites is 2. The van der Waals surface area contributed by atoms with Crippen LogP contribution >= 0.6 is 0 Å². The monoisotopic (exact) mass is 257 g/mol. The number of carboxylic acids is 1. The summed E-state index contributed by atoms with van der Waals surface area (Å²) in [6.07, 6.45) is 1.72. The first kappa shape index (κ1) is 11.9. The fourth-order valence-electron chi connectivity index (χ4n) is 2.58. The van der Waals surface area contributed by atoms with Crippen LogP contribution in [0.4, 0.5) is 5.82 Å². The second-order valence-corrected chi connectivity index (χ2v) is 5.04. The van der Waals surface area contributed by atoms with E-state index in [1.807, 2.05) is 36.1 Å². The summed E-state index contributed by atoms with van der Waals surface area (Å²) < 4.78 is 0. The summed E-state index contributed by atoms with van der Waals surface area (Å²) in [7, 11) is 0. The lowest BCUT2D eigenvalue weighted by Crippen LogP contribution is -2.23. The molecule has 2 aromatic rings. The normalized spacial score (nSPS) is 22.9. The molecule has 5 heteroatoms. The van der Waals surface area contributed by atoms with Gasteiger partial charge in [-0.2, -0.15) is 0 Å². The van der Waals surface area contributed by atoms with Crippen LogP contribution in [0.15, 0.2) is 30.5 Å². The van der Waals surface area contributed by atoms with E-state index in [1.54, 1.807) is 6.20 Å². The van der Waals surface area contributed by atoms with Crippen LogP contribution in [0.1, 0.15) is 6.92 Å². The minimum Gasteiger partial charge on any atom is -0.481 e. The second kappa shape index (κ2) is 4.50. The summed E-state index contributed by atoms with van der Waals surface area (Å²) in [6.45, 7) is 3.18. The standard InChI is InChI=1S/C14H15N3O2/c1-9-7-17(8-10(9)14(18)19)13-6-15-11-4-2-3-5-12(11)16-13/h2-6,9-10H,7-8H2,1H3,(H,18,19)/t9-,10-/m1/s1. The molecular weight excluding hydrogens is 242 g/mol. The molecule has 5 nitrogen and oxygen atoms in total. The molecule has 2 atom stereocenters. The first-order valence-electron chi connectivity index (χ1n) is 6.34. The van der Waals surface area contributed by atoms with E-state index in [-0.39, 0.29) is 11.8 Å². The molecule has 1 saturated heterocycles. The third kappa shape index (κ3) is 2.12. The van der Waals surface area contributed by atoms with Crippen molar-refractivity contribution in [2.75, 3.05) is 18.0 Å². The zero-order valence-electron chi connectivity index (χ0n) is 10.7. The highest BCUT2D eigenvalue weighted by molar-refractivity contribution is 5.76. The Morgan fingerprint density at radius 3 is 2.74 bits per heavy atom. The Morgan fingerprint density at radius 2 is 2.05 bits per heavy atom. The highest BCUT2D eigenvalue weighted by Crippen LogP contribution is 2.27. The van der Waals surface area contributed by atoms with E-state index in [4.69, 9.17) is 5.11 Å². The Balaban J connectivity index is 1.91. The van der Waals surface area contributed by atoms with E-state index < -0.39 is 5.97 Å². The molecule has 0 bridgehead atoms. The lowest BCUT2D eigenvalue weighted by Gasteiger charge is -2.16. The summed E-state index contributed by atoms with van der Waals surface area (Å²) in [5.74, 6) is -0.169. The Kier molecular flexibility index (Phi) is 2.81. The number of hydrogen-bond acceptors (Lipinski definition) is 4. The molecule has 0 saturated carbocycles. The molecule has 0 unspecified atom stereocenters. The van der Waals surface area contributed by atoms with E-state index in [0.717, 1.165) is 16.9 Å². The molecule has 1 N–H and O–H groups in total. The fraction of sp³-hybridized carbons (Fsp3) is 0.357. The lowest BCUT2D eigenvalue weighted by atomic mass is 9.99. The first-order valence-corrected chi connectivity index (χ1v) is 6.34. The number of carboxylic acid groups (broad SMARTS) is 1. The third-order valence-corrected chi connectivity index (χ3v) is 3.69. The molecule has 0 aliphatic carbocycles. The fourth-order valence-corrected chi connectivity index (χ4v) is 2.58. The molecule has 1 aromatic heterocycles. The first-order chi connectivity index (χ1) is 9.15. The van der Waals surface area contributed by atoms with Crippen molar-refractivity contribution >= 4 is 22.8 Å². The van der Waals surface area contributed by atoms with Crippen molar-refractivity contribution in [3.8, 4) is 0 Å². The largest absolute Gasteiger partial charge is 0.481 e. The van der Waals surface area contributed by atoms with E-state index in [0.29, 0.717) is 13.1 Å². The van der Waals surface area contributed by atoms with E-state index in [2.05, 4.69) is 9.97 Å². The van der Waals surface area contributed by atoms with Crippen molar-refractivity contribution in [3.05, 3.63) is 30.5 Å². The van der Waals surface area contributed by atoms with Gasteiger partial charge in [0.25, 0.3) is 0 Å². The summed E-state index contributed by atoms with van der Waals surface area (Å²) in [5, 5.41) is 9.16. The zero-order chi connectivity index (χ0) is 13.4. The molecule has 0 spiro atoms. The average molecular weight is 257 g/mol. The quantitative estimate of drug-likeness (QED) is 0.888. The van der Waals surface area contributed by atoms with E-state index in [1.165, 1.54) is 0 Å². The van der Waals surface area contributed by atoms with Gasteiger partial charge < -0.3 is 10.0 Å². The predicted octanol–water partition coefficient (Wildman–Crippen LogP) is 1.79. The molecule has 3 rings (SSSR count). The van der Waals surface area contributed by atoms with Gasteiger partial charge in [0.1, 0.15) is 5.82 Å². The van der Waals surface area contributed by atoms with Gasteiger partial charge in [0.05, 0.1) is 23.1 Å². The van der Waals surface area contributed by atoms with Crippen LogP contribution in [0.2, 0.25) is 0 Å². The number of nitrogens with zero attached hydrogens (tertiary/aromatic N) is 3. The van der Waals surface area contributed by atoms with Crippen molar-refractivity contribution in [3.63, 3.8) is 0 Å². The Bertz CT molecular complexity index is 629. The molecule has 19 heavy (non-hydrogen) atoms. The number of fused-ring (bicyclic) bond motifs is 1. The van der Waals surface area contributed by atoms with E-state index >= 15 is 0 Å². The van der Waals surface area contributed by atoms with Gasteiger partial charge in [-0.1, -0.05) is 19.1 Å². The van der Waals surface area contributed by atoms with Crippen LogP contribution in [-0.2, 0) is 4.79 Å². The molecule has 0 amide bonds. The molecule has 1 aliphatic heterocycles. The smallest absolute Gasteiger partial charge is 0.308 e. The number of rotatable bonds is 2. The van der Waals surface area contributed by atoms with Crippen LogP contribution < -0.4 is 4.90 Å². The second-order valence-electron chi connectivity index (χ2n) is 5.04. The topological polar surface area (TPSA) is 66.3 Å². The number of aliphatic carboxylic acids is 1.